The summed E-state index contributed by atoms with van der Waals surface area (Å²) in [7, 11) is 3.17. The SMILES string of the molecule is CNC[C@H](C[C@H]1CCCOC1)NC(=O)N1CCCC([C@@H](OCCNC(=O)OC)c2cc(F)cc(Cl)c2)C1. The van der Waals surface area contributed by atoms with E-state index in [1.807, 2.05) is 11.9 Å². The van der Waals surface area contributed by atoms with E-state index in [1.54, 1.807) is 6.07 Å². The predicted octanol–water partition coefficient (Wildman–Crippen LogP) is 3.72. The van der Waals surface area contributed by atoms with E-state index in [9.17, 15) is 14.0 Å². The van der Waals surface area contributed by atoms with Crippen LogP contribution < -0.4 is 16.0 Å². The molecule has 4 atom stereocenters. The average Bonchev–Trinajstić information content (AvgIpc) is 2.88. The number of urea groups is 1. The molecule has 0 spiro atoms. The molecule has 2 aliphatic heterocycles. The first-order chi connectivity index (χ1) is 17.9. The first kappa shape index (κ1) is 29.4. The summed E-state index contributed by atoms with van der Waals surface area (Å²) in [5, 5.41) is 9.26. The molecule has 9 nitrogen and oxygen atoms in total. The number of likely N-dealkylation sites (tertiary alicyclic amines) is 1. The number of benzene rings is 1. The standard InChI is InChI=1S/C26H40ClFN4O5/c1-29-15-23(11-18-5-4-9-36-17-18)31-25(33)32-8-3-6-19(16-32)24(37-10-7-30-26(34)35-2)20-12-21(27)14-22(28)13-20/h12-14,18-19,23-24,29H,3-11,15-17H2,1-2H3,(H,30,34)(H,31,33)/t18-,19?,23+,24-/m1/s1. The highest BCUT2D eigenvalue weighted by Crippen LogP contribution is 2.34. The van der Waals surface area contributed by atoms with Crippen molar-refractivity contribution in [3.05, 3.63) is 34.6 Å². The second-order valence-corrected chi connectivity index (χ2v) is 10.2. The number of methoxy groups -OCH3 is 1. The number of hydrogen-bond donors (Lipinski definition) is 3. The number of likely N-dealkylation sites (N-methyl/N-ethyl adjacent to an activating group) is 1. The minimum atomic E-state index is -0.551. The van der Waals surface area contributed by atoms with Gasteiger partial charge in [0.2, 0.25) is 0 Å². The summed E-state index contributed by atoms with van der Waals surface area (Å²) in [6, 6.07) is 4.25. The molecule has 3 amide bonds. The van der Waals surface area contributed by atoms with Gasteiger partial charge in [-0.2, -0.15) is 0 Å². The largest absolute Gasteiger partial charge is 0.453 e. The second kappa shape index (κ2) is 15.3. The number of carbonyl (C=O) groups is 2. The molecule has 2 saturated heterocycles. The van der Waals surface area contributed by atoms with Gasteiger partial charge in [-0.15, -0.1) is 0 Å². The summed E-state index contributed by atoms with van der Waals surface area (Å²) in [6.07, 6.45) is 3.60. The zero-order valence-electron chi connectivity index (χ0n) is 21.8. The Bertz CT molecular complexity index is 853. The minimum Gasteiger partial charge on any atom is -0.453 e. The summed E-state index contributed by atoms with van der Waals surface area (Å²) in [4.78, 5) is 26.5. The predicted molar refractivity (Wildman–Crippen MR) is 139 cm³/mol. The zero-order valence-corrected chi connectivity index (χ0v) is 22.5. The number of piperidine rings is 1. The van der Waals surface area contributed by atoms with Crippen LogP contribution in [0.2, 0.25) is 5.02 Å². The molecule has 208 valence electrons. The number of hydrogen-bond acceptors (Lipinski definition) is 6. The van der Waals surface area contributed by atoms with Crippen LogP contribution in [0.4, 0.5) is 14.0 Å². The Kier molecular flexibility index (Phi) is 12.2. The average molecular weight is 543 g/mol. The fourth-order valence-corrected chi connectivity index (χ4v) is 5.43. The van der Waals surface area contributed by atoms with Gasteiger partial charge in [0.25, 0.3) is 0 Å². The normalized spacial score (nSPS) is 21.7. The molecule has 3 rings (SSSR count). The highest BCUT2D eigenvalue weighted by atomic mass is 35.5. The van der Waals surface area contributed by atoms with Gasteiger partial charge in [0.15, 0.2) is 0 Å². The molecular formula is C26H40ClFN4O5. The van der Waals surface area contributed by atoms with Crippen LogP contribution in [0.1, 0.15) is 43.8 Å². The number of alkyl carbamates (subject to hydrolysis) is 1. The molecule has 37 heavy (non-hydrogen) atoms. The molecule has 0 aromatic heterocycles. The molecule has 0 bridgehead atoms. The second-order valence-electron chi connectivity index (χ2n) is 9.78. The van der Waals surface area contributed by atoms with Crippen LogP contribution in [0.5, 0.6) is 0 Å². The van der Waals surface area contributed by atoms with Crippen molar-refractivity contribution >= 4 is 23.7 Å². The van der Waals surface area contributed by atoms with Crippen LogP contribution in [0, 0.1) is 17.7 Å². The van der Waals surface area contributed by atoms with Gasteiger partial charge < -0.3 is 35.1 Å². The molecular weight excluding hydrogens is 503 g/mol. The summed E-state index contributed by atoms with van der Waals surface area (Å²) in [5.74, 6) is -0.0728. The summed E-state index contributed by atoms with van der Waals surface area (Å²) >= 11 is 6.14. The Balaban J connectivity index is 1.65. The fourth-order valence-electron chi connectivity index (χ4n) is 5.20. The van der Waals surface area contributed by atoms with E-state index in [2.05, 4.69) is 20.7 Å². The highest BCUT2D eigenvalue weighted by Gasteiger charge is 2.32. The fraction of sp³-hybridized carbons (Fsp3) is 0.692. The van der Waals surface area contributed by atoms with Gasteiger partial charge in [0, 0.05) is 56.4 Å². The third-order valence-corrected chi connectivity index (χ3v) is 7.11. The lowest BCUT2D eigenvalue weighted by molar-refractivity contribution is -0.00888. The van der Waals surface area contributed by atoms with E-state index in [0.717, 1.165) is 45.3 Å². The van der Waals surface area contributed by atoms with Crippen molar-refractivity contribution in [3.63, 3.8) is 0 Å². The van der Waals surface area contributed by atoms with Crippen LogP contribution in [0.3, 0.4) is 0 Å². The molecule has 1 aromatic carbocycles. The molecule has 2 aliphatic rings. The zero-order chi connectivity index (χ0) is 26.6. The molecule has 1 unspecified atom stereocenters. The van der Waals surface area contributed by atoms with E-state index in [-0.39, 0.29) is 36.2 Å². The molecule has 1 aromatic rings. The number of halogens is 2. The molecule has 2 heterocycles. The number of carbonyl (C=O) groups excluding carboxylic acids is 2. The molecule has 0 aliphatic carbocycles. The minimum absolute atomic E-state index is 0.00282. The Morgan fingerprint density at radius 1 is 1.27 bits per heavy atom. The molecule has 3 N–H and O–H groups in total. The van der Waals surface area contributed by atoms with Crippen molar-refractivity contribution < 1.29 is 28.2 Å². The first-order valence-corrected chi connectivity index (χ1v) is 13.4. The molecule has 2 fully saturated rings. The number of rotatable bonds is 11. The van der Waals surface area contributed by atoms with Crippen LogP contribution in [0.15, 0.2) is 18.2 Å². The van der Waals surface area contributed by atoms with Gasteiger partial charge in [0.1, 0.15) is 5.82 Å². The van der Waals surface area contributed by atoms with Crippen molar-refractivity contribution in [1.29, 1.82) is 0 Å². The summed E-state index contributed by atoms with van der Waals surface area (Å²) < 4.78 is 30.6. The lowest BCUT2D eigenvalue weighted by Crippen LogP contribution is -2.52. The van der Waals surface area contributed by atoms with Crippen LogP contribution in [0.25, 0.3) is 0 Å². The van der Waals surface area contributed by atoms with Crippen molar-refractivity contribution in [2.45, 2.75) is 44.2 Å². The van der Waals surface area contributed by atoms with Crippen molar-refractivity contribution in [2.24, 2.45) is 11.8 Å². The Hall–Kier alpha value is -2.14. The van der Waals surface area contributed by atoms with E-state index < -0.39 is 18.0 Å². The molecule has 0 saturated carbocycles. The number of nitrogens with zero attached hydrogens (tertiary/aromatic N) is 1. The third kappa shape index (κ3) is 9.59. The van der Waals surface area contributed by atoms with Gasteiger partial charge in [-0.1, -0.05) is 11.6 Å². The van der Waals surface area contributed by atoms with Crippen LogP contribution >= 0.6 is 11.6 Å². The summed E-state index contributed by atoms with van der Waals surface area (Å²) in [6.45, 7) is 3.77. The van der Waals surface area contributed by atoms with Gasteiger partial charge in [-0.3, -0.25) is 0 Å². The van der Waals surface area contributed by atoms with Gasteiger partial charge in [-0.05, 0) is 68.8 Å². The highest BCUT2D eigenvalue weighted by molar-refractivity contribution is 6.30. The number of ether oxygens (including phenoxy) is 3. The van der Waals surface area contributed by atoms with Crippen molar-refractivity contribution in [1.82, 2.24) is 20.9 Å². The van der Waals surface area contributed by atoms with Crippen LogP contribution in [-0.2, 0) is 14.2 Å². The van der Waals surface area contributed by atoms with E-state index >= 15 is 0 Å². The Labute approximate surface area is 223 Å². The number of amides is 3. The maximum absolute atomic E-state index is 14.2. The third-order valence-electron chi connectivity index (χ3n) is 6.89. The van der Waals surface area contributed by atoms with Crippen molar-refractivity contribution in [2.75, 3.05) is 60.2 Å². The molecule has 11 heteroatoms. The lowest BCUT2D eigenvalue weighted by Gasteiger charge is -2.38. The number of nitrogens with one attached hydrogen (secondary N) is 3. The molecule has 0 radical (unpaired) electrons. The summed E-state index contributed by atoms with van der Waals surface area (Å²) in [5.41, 5.74) is 0.612. The van der Waals surface area contributed by atoms with E-state index in [0.29, 0.717) is 31.1 Å². The van der Waals surface area contributed by atoms with E-state index in [4.69, 9.17) is 21.1 Å². The van der Waals surface area contributed by atoms with Gasteiger partial charge in [0.05, 0.1) is 19.8 Å². The van der Waals surface area contributed by atoms with Crippen molar-refractivity contribution in [3.8, 4) is 0 Å². The smallest absolute Gasteiger partial charge is 0.406 e. The van der Waals surface area contributed by atoms with Gasteiger partial charge in [-0.25, -0.2) is 14.0 Å². The Morgan fingerprint density at radius 2 is 2.11 bits per heavy atom. The topological polar surface area (TPSA) is 101 Å². The van der Waals surface area contributed by atoms with E-state index in [1.165, 1.54) is 19.2 Å². The Morgan fingerprint density at radius 3 is 2.81 bits per heavy atom. The monoisotopic (exact) mass is 542 g/mol. The van der Waals surface area contributed by atoms with Gasteiger partial charge >= 0.3 is 12.1 Å². The van der Waals surface area contributed by atoms with Crippen LogP contribution in [-0.4, -0.2) is 83.2 Å². The maximum atomic E-state index is 14.2. The lowest BCUT2D eigenvalue weighted by atomic mass is 9.88. The maximum Gasteiger partial charge on any atom is 0.406 e. The first-order valence-electron chi connectivity index (χ1n) is 13.1. The quantitative estimate of drug-likeness (QED) is 0.368.